The zero-order valence-corrected chi connectivity index (χ0v) is 12.4. The van der Waals surface area contributed by atoms with Gasteiger partial charge >= 0.3 is 0 Å². The van der Waals surface area contributed by atoms with Gasteiger partial charge in [-0.1, -0.05) is 6.07 Å². The summed E-state index contributed by atoms with van der Waals surface area (Å²) in [6.45, 7) is 0. The molecule has 1 unspecified atom stereocenters. The molecule has 0 aliphatic heterocycles. The van der Waals surface area contributed by atoms with Crippen molar-refractivity contribution in [2.45, 2.75) is 30.1 Å². The van der Waals surface area contributed by atoms with Gasteiger partial charge in [0.25, 0.3) is 0 Å². The van der Waals surface area contributed by atoms with Gasteiger partial charge in [0.2, 0.25) is 0 Å². The van der Waals surface area contributed by atoms with E-state index in [0.717, 1.165) is 29.9 Å². The summed E-state index contributed by atoms with van der Waals surface area (Å²) in [4.78, 5) is 17.8. The monoisotopic (exact) mass is 301 g/mol. The number of fused-ring (bicyclic) bond motifs is 1. The predicted octanol–water partition coefficient (Wildman–Crippen LogP) is 4.00. The Balaban J connectivity index is 1.68. The number of thioether (sulfide) groups is 1. The highest BCUT2D eigenvalue weighted by Crippen LogP contribution is 2.32. The van der Waals surface area contributed by atoms with Crippen LogP contribution in [0.2, 0.25) is 0 Å². The van der Waals surface area contributed by atoms with Crippen LogP contribution in [0.1, 0.15) is 30.0 Å². The molecule has 0 N–H and O–H groups in total. The van der Waals surface area contributed by atoms with Crippen LogP contribution < -0.4 is 0 Å². The molecule has 0 bridgehead atoms. The van der Waals surface area contributed by atoms with Gasteiger partial charge in [-0.3, -0.25) is 9.78 Å². The number of aryl methyl sites for hydroxylation is 1. The van der Waals surface area contributed by atoms with Crippen LogP contribution in [0, 0.1) is 5.82 Å². The van der Waals surface area contributed by atoms with Gasteiger partial charge in [-0.15, -0.1) is 11.8 Å². The van der Waals surface area contributed by atoms with E-state index in [1.54, 1.807) is 18.3 Å². The van der Waals surface area contributed by atoms with Crippen molar-refractivity contribution in [1.29, 1.82) is 0 Å². The number of ketones is 1. The maximum atomic E-state index is 12.9. The minimum atomic E-state index is -0.254. The van der Waals surface area contributed by atoms with Gasteiger partial charge in [0.05, 0.1) is 17.4 Å². The molecule has 1 heterocycles. The smallest absolute Gasteiger partial charge is 0.152 e. The Morgan fingerprint density at radius 1 is 1.29 bits per heavy atom. The van der Waals surface area contributed by atoms with E-state index >= 15 is 0 Å². The fourth-order valence-electron chi connectivity index (χ4n) is 2.71. The van der Waals surface area contributed by atoms with E-state index in [1.165, 1.54) is 29.5 Å². The van der Waals surface area contributed by atoms with Crippen molar-refractivity contribution >= 4 is 17.5 Å². The van der Waals surface area contributed by atoms with Crippen LogP contribution in [0.4, 0.5) is 4.39 Å². The van der Waals surface area contributed by atoms with Gasteiger partial charge in [-0.25, -0.2) is 4.39 Å². The number of hydrogen-bond acceptors (Lipinski definition) is 3. The Kier molecular flexibility index (Phi) is 4.34. The van der Waals surface area contributed by atoms with E-state index < -0.39 is 0 Å². The zero-order chi connectivity index (χ0) is 14.7. The van der Waals surface area contributed by atoms with Gasteiger partial charge in [0.1, 0.15) is 5.82 Å². The minimum absolute atomic E-state index is 0.0806. The first-order valence-electron chi connectivity index (χ1n) is 7.09. The topological polar surface area (TPSA) is 30.0 Å². The first kappa shape index (κ1) is 14.3. The van der Waals surface area contributed by atoms with Gasteiger partial charge < -0.3 is 0 Å². The second-order valence-corrected chi connectivity index (χ2v) is 6.25. The lowest BCUT2D eigenvalue weighted by Gasteiger charge is -2.22. The molecule has 0 fully saturated rings. The van der Waals surface area contributed by atoms with Crippen LogP contribution in [0.25, 0.3) is 0 Å². The number of hydrogen-bond donors (Lipinski definition) is 0. The first-order valence-corrected chi connectivity index (χ1v) is 8.07. The molecule has 1 aliphatic carbocycles. The highest BCUT2D eigenvalue weighted by Gasteiger charge is 2.27. The molecule has 108 valence electrons. The van der Waals surface area contributed by atoms with E-state index in [0.29, 0.717) is 5.75 Å². The molecule has 2 aromatic rings. The number of carbonyl (C=O) groups excluding carboxylic acids is 1. The van der Waals surface area contributed by atoms with Crippen LogP contribution in [-0.4, -0.2) is 16.5 Å². The van der Waals surface area contributed by atoms with Crippen molar-refractivity contribution in [3.05, 3.63) is 59.7 Å². The Morgan fingerprint density at radius 2 is 2.10 bits per heavy atom. The fourth-order valence-corrected chi connectivity index (χ4v) is 3.55. The number of rotatable bonds is 4. The summed E-state index contributed by atoms with van der Waals surface area (Å²) in [5.41, 5.74) is 2.15. The van der Waals surface area contributed by atoms with Crippen LogP contribution in [0.5, 0.6) is 0 Å². The van der Waals surface area contributed by atoms with Gasteiger partial charge in [0, 0.05) is 11.1 Å². The van der Waals surface area contributed by atoms with Gasteiger partial charge in [-0.05, 0) is 55.2 Å². The lowest BCUT2D eigenvalue weighted by Crippen LogP contribution is -2.21. The van der Waals surface area contributed by atoms with Crippen molar-refractivity contribution in [3.63, 3.8) is 0 Å². The van der Waals surface area contributed by atoms with Crippen LogP contribution >= 0.6 is 11.8 Å². The molecule has 2 nitrogen and oxygen atoms in total. The van der Waals surface area contributed by atoms with Crippen molar-refractivity contribution < 1.29 is 9.18 Å². The number of nitrogens with zero attached hydrogens (tertiary/aromatic N) is 1. The van der Waals surface area contributed by atoms with Crippen molar-refractivity contribution in [2.75, 3.05) is 5.75 Å². The predicted molar refractivity (Wildman–Crippen MR) is 82.0 cm³/mol. The largest absolute Gasteiger partial charge is 0.298 e. The molecule has 0 amide bonds. The lowest BCUT2D eigenvalue weighted by molar-refractivity contribution is -0.118. The molecular weight excluding hydrogens is 285 g/mol. The third kappa shape index (κ3) is 3.32. The zero-order valence-electron chi connectivity index (χ0n) is 11.6. The van der Waals surface area contributed by atoms with Crippen LogP contribution in [0.3, 0.4) is 0 Å². The molecule has 3 rings (SSSR count). The summed E-state index contributed by atoms with van der Waals surface area (Å²) < 4.78 is 12.9. The summed E-state index contributed by atoms with van der Waals surface area (Å²) in [6.07, 6.45) is 4.69. The van der Waals surface area contributed by atoms with Crippen molar-refractivity contribution in [1.82, 2.24) is 4.98 Å². The maximum Gasteiger partial charge on any atom is 0.152 e. The second kappa shape index (κ2) is 6.39. The molecule has 1 atom stereocenters. The molecule has 4 heteroatoms. The Hall–Kier alpha value is -1.68. The second-order valence-electron chi connectivity index (χ2n) is 5.20. The summed E-state index contributed by atoms with van der Waals surface area (Å²) in [5, 5.41) is 0. The molecule has 0 saturated carbocycles. The SMILES string of the molecule is O=C(CSc1ccc(F)cc1)C1CCCc2cccnc21. The van der Waals surface area contributed by atoms with E-state index in [2.05, 4.69) is 11.1 Å². The van der Waals surface area contributed by atoms with Crippen LogP contribution in [0.15, 0.2) is 47.5 Å². The van der Waals surface area contributed by atoms with Crippen molar-refractivity contribution in [2.24, 2.45) is 0 Å². The summed E-state index contributed by atoms with van der Waals surface area (Å²) in [7, 11) is 0. The Labute approximate surface area is 127 Å². The third-order valence-corrected chi connectivity index (χ3v) is 4.81. The average molecular weight is 301 g/mol. The molecule has 0 saturated heterocycles. The average Bonchev–Trinajstić information content (AvgIpc) is 2.53. The number of Topliss-reactive ketones (excluding diaryl/α,β-unsaturated/α-hetero) is 1. The maximum absolute atomic E-state index is 12.9. The summed E-state index contributed by atoms with van der Waals surface area (Å²) in [6, 6.07) is 10.3. The standard InChI is InChI=1S/C17H16FNOS/c18-13-6-8-14(9-7-13)21-11-16(20)15-5-1-3-12-4-2-10-19-17(12)15/h2,4,6-10,15H,1,3,5,11H2. The molecular formula is C17H16FNOS. The molecule has 1 aromatic carbocycles. The Morgan fingerprint density at radius 3 is 2.90 bits per heavy atom. The lowest BCUT2D eigenvalue weighted by atomic mass is 9.84. The quantitative estimate of drug-likeness (QED) is 0.799. The van der Waals surface area contributed by atoms with E-state index in [-0.39, 0.29) is 17.5 Å². The van der Waals surface area contributed by atoms with Gasteiger partial charge in [0.15, 0.2) is 5.78 Å². The molecule has 0 spiro atoms. The third-order valence-electron chi connectivity index (χ3n) is 3.78. The molecule has 0 radical (unpaired) electrons. The molecule has 1 aromatic heterocycles. The highest BCUT2D eigenvalue weighted by atomic mass is 32.2. The van der Waals surface area contributed by atoms with E-state index in [4.69, 9.17) is 0 Å². The first-order chi connectivity index (χ1) is 10.2. The van der Waals surface area contributed by atoms with Gasteiger partial charge in [-0.2, -0.15) is 0 Å². The van der Waals surface area contributed by atoms with Crippen LogP contribution in [-0.2, 0) is 11.2 Å². The van der Waals surface area contributed by atoms with E-state index in [9.17, 15) is 9.18 Å². The van der Waals surface area contributed by atoms with E-state index in [1.807, 2.05) is 6.07 Å². The summed E-state index contributed by atoms with van der Waals surface area (Å²) in [5.74, 6) is 0.287. The number of pyridine rings is 1. The number of halogens is 1. The van der Waals surface area contributed by atoms with Crippen molar-refractivity contribution in [3.8, 4) is 0 Å². The molecule has 21 heavy (non-hydrogen) atoms. The minimum Gasteiger partial charge on any atom is -0.298 e. The highest BCUT2D eigenvalue weighted by molar-refractivity contribution is 8.00. The fraction of sp³-hybridized carbons (Fsp3) is 0.294. The Bertz CT molecular complexity index is 641. The molecule has 1 aliphatic rings. The number of aromatic nitrogens is 1. The number of benzene rings is 1. The summed E-state index contributed by atoms with van der Waals surface area (Å²) >= 11 is 1.46. The normalized spacial score (nSPS) is 17.3. The number of carbonyl (C=O) groups is 1.